The average molecular weight is 339 g/mol. The molecule has 7 heteroatoms. The standard InChI is InChI=1S/C18H17N3O4/c22-16-14-10-11(19-17(23)15-6-3-9-25-15)7-8-21(14)18(24)12-4-1-2-5-13(12)20-16/h1-6,9,11,14H,7-8,10H2,(H,19,23)(H,20,22)/t11-,14-/m0/s1. The first kappa shape index (κ1) is 15.4. The topological polar surface area (TPSA) is 91.7 Å². The molecule has 128 valence electrons. The quantitative estimate of drug-likeness (QED) is 0.870. The fourth-order valence-electron chi connectivity index (χ4n) is 3.40. The Morgan fingerprint density at radius 1 is 1.20 bits per heavy atom. The van der Waals surface area contributed by atoms with E-state index in [-0.39, 0.29) is 29.5 Å². The zero-order valence-corrected chi connectivity index (χ0v) is 13.4. The summed E-state index contributed by atoms with van der Waals surface area (Å²) in [5.74, 6) is -0.465. The van der Waals surface area contributed by atoms with Gasteiger partial charge in [-0.15, -0.1) is 0 Å². The molecule has 7 nitrogen and oxygen atoms in total. The van der Waals surface area contributed by atoms with Gasteiger partial charge in [0.05, 0.1) is 17.5 Å². The molecule has 4 rings (SSSR count). The molecule has 0 saturated carbocycles. The van der Waals surface area contributed by atoms with Crippen molar-refractivity contribution in [2.24, 2.45) is 0 Å². The van der Waals surface area contributed by atoms with Crippen molar-refractivity contribution in [1.82, 2.24) is 10.2 Å². The number of carbonyl (C=O) groups is 3. The van der Waals surface area contributed by atoms with E-state index < -0.39 is 6.04 Å². The Balaban J connectivity index is 1.52. The van der Waals surface area contributed by atoms with Gasteiger partial charge in [-0.2, -0.15) is 0 Å². The van der Waals surface area contributed by atoms with Crippen LogP contribution in [-0.2, 0) is 4.79 Å². The summed E-state index contributed by atoms with van der Waals surface area (Å²) in [6, 6.07) is 9.43. The number of hydrogen-bond donors (Lipinski definition) is 2. The van der Waals surface area contributed by atoms with Crippen molar-refractivity contribution in [3.63, 3.8) is 0 Å². The summed E-state index contributed by atoms with van der Waals surface area (Å²) in [5, 5.41) is 5.70. The number of carbonyl (C=O) groups excluding carboxylic acids is 3. The first-order valence-corrected chi connectivity index (χ1v) is 8.19. The monoisotopic (exact) mass is 339 g/mol. The maximum Gasteiger partial charge on any atom is 0.287 e. The Hall–Kier alpha value is -3.09. The van der Waals surface area contributed by atoms with Gasteiger partial charge in [-0.1, -0.05) is 12.1 Å². The van der Waals surface area contributed by atoms with Crippen molar-refractivity contribution >= 4 is 23.4 Å². The van der Waals surface area contributed by atoms with E-state index >= 15 is 0 Å². The third-order valence-corrected chi connectivity index (χ3v) is 4.66. The van der Waals surface area contributed by atoms with Crippen LogP contribution < -0.4 is 10.6 Å². The first-order chi connectivity index (χ1) is 12.1. The summed E-state index contributed by atoms with van der Waals surface area (Å²) < 4.78 is 5.09. The summed E-state index contributed by atoms with van der Waals surface area (Å²) in [7, 11) is 0. The van der Waals surface area contributed by atoms with Gasteiger partial charge in [-0.3, -0.25) is 14.4 Å². The number of fused-ring (bicyclic) bond motifs is 2. The number of benzene rings is 1. The van der Waals surface area contributed by atoms with Gasteiger partial charge in [0.1, 0.15) is 6.04 Å². The van der Waals surface area contributed by atoms with Crippen LogP contribution in [0.5, 0.6) is 0 Å². The van der Waals surface area contributed by atoms with Crippen LogP contribution in [0.3, 0.4) is 0 Å². The molecule has 0 bridgehead atoms. The van der Waals surface area contributed by atoms with Crippen molar-refractivity contribution in [2.75, 3.05) is 11.9 Å². The minimum absolute atomic E-state index is 0.158. The highest BCUT2D eigenvalue weighted by Gasteiger charge is 2.40. The highest BCUT2D eigenvalue weighted by molar-refractivity contribution is 6.10. The fraction of sp³-hybridized carbons (Fsp3) is 0.278. The maximum absolute atomic E-state index is 12.8. The van der Waals surface area contributed by atoms with Crippen molar-refractivity contribution < 1.29 is 18.8 Å². The van der Waals surface area contributed by atoms with Crippen LogP contribution in [0.1, 0.15) is 33.8 Å². The molecule has 1 aromatic carbocycles. The SMILES string of the molecule is O=C(N[C@H]1CCN2C(=O)c3ccccc3NC(=O)[C@@H]2C1)c1ccco1. The third kappa shape index (κ3) is 2.77. The summed E-state index contributed by atoms with van der Waals surface area (Å²) in [6.07, 6.45) is 2.40. The predicted molar refractivity (Wildman–Crippen MR) is 89.1 cm³/mol. The summed E-state index contributed by atoms with van der Waals surface area (Å²) >= 11 is 0. The number of anilines is 1. The molecular formula is C18H17N3O4. The van der Waals surface area contributed by atoms with Crippen molar-refractivity contribution in [1.29, 1.82) is 0 Å². The van der Waals surface area contributed by atoms with E-state index in [9.17, 15) is 14.4 Å². The normalized spacial score (nSPS) is 22.5. The van der Waals surface area contributed by atoms with Crippen LogP contribution in [-0.4, -0.2) is 41.2 Å². The van der Waals surface area contributed by atoms with Crippen LogP contribution in [0.25, 0.3) is 0 Å². The van der Waals surface area contributed by atoms with Gasteiger partial charge in [0.15, 0.2) is 5.76 Å². The van der Waals surface area contributed by atoms with Gasteiger partial charge >= 0.3 is 0 Å². The van der Waals surface area contributed by atoms with E-state index in [1.807, 2.05) is 0 Å². The molecule has 1 fully saturated rings. The molecule has 1 aromatic heterocycles. The van der Waals surface area contributed by atoms with Crippen molar-refractivity contribution in [3.05, 3.63) is 54.0 Å². The highest BCUT2D eigenvalue weighted by atomic mass is 16.3. The van der Waals surface area contributed by atoms with Gasteiger partial charge in [-0.05, 0) is 37.1 Å². The lowest BCUT2D eigenvalue weighted by molar-refractivity contribution is -0.121. The molecule has 0 radical (unpaired) electrons. The number of furan rings is 1. The molecule has 2 aromatic rings. The lowest BCUT2D eigenvalue weighted by Crippen LogP contribution is -2.55. The lowest BCUT2D eigenvalue weighted by Gasteiger charge is -2.37. The van der Waals surface area contributed by atoms with Gasteiger partial charge < -0.3 is 20.0 Å². The van der Waals surface area contributed by atoms with Crippen LogP contribution in [0, 0.1) is 0 Å². The third-order valence-electron chi connectivity index (χ3n) is 4.66. The van der Waals surface area contributed by atoms with E-state index in [1.165, 1.54) is 6.26 Å². The maximum atomic E-state index is 12.8. The zero-order chi connectivity index (χ0) is 17.4. The van der Waals surface area contributed by atoms with Crippen LogP contribution in [0.4, 0.5) is 5.69 Å². The van der Waals surface area contributed by atoms with E-state index in [2.05, 4.69) is 10.6 Å². The molecule has 0 unspecified atom stereocenters. The predicted octanol–water partition coefficient (Wildman–Crippen LogP) is 1.63. The number of amides is 3. The second-order valence-electron chi connectivity index (χ2n) is 6.22. The molecule has 3 heterocycles. The van der Waals surface area contributed by atoms with Crippen LogP contribution in [0.15, 0.2) is 47.1 Å². The lowest BCUT2D eigenvalue weighted by atomic mass is 9.96. The Labute approximate surface area is 144 Å². The number of para-hydroxylation sites is 1. The van der Waals surface area contributed by atoms with Gasteiger partial charge in [0.25, 0.3) is 11.8 Å². The number of nitrogens with zero attached hydrogens (tertiary/aromatic N) is 1. The molecule has 0 spiro atoms. The molecular weight excluding hydrogens is 322 g/mol. The van der Waals surface area contributed by atoms with Crippen LogP contribution in [0.2, 0.25) is 0 Å². The second kappa shape index (κ2) is 6.08. The molecule has 2 atom stereocenters. The molecule has 25 heavy (non-hydrogen) atoms. The minimum atomic E-state index is -0.601. The smallest absolute Gasteiger partial charge is 0.287 e. The Morgan fingerprint density at radius 3 is 2.84 bits per heavy atom. The largest absolute Gasteiger partial charge is 0.459 e. The number of hydrogen-bond acceptors (Lipinski definition) is 4. The van der Waals surface area contributed by atoms with E-state index in [4.69, 9.17) is 4.42 Å². The Kier molecular flexibility index (Phi) is 3.76. The Morgan fingerprint density at radius 2 is 2.04 bits per heavy atom. The molecule has 2 N–H and O–H groups in total. The number of piperidine rings is 1. The van der Waals surface area contributed by atoms with Crippen LogP contribution >= 0.6 is 0 Å². The number of rotatable bonds is 2. The highest BCUT2D eigenvalue weighted by Crippen LogP contribution is 2.28. The van der Waals surface area contributed by atoms with Gasteiger partial charge in [0.2, 0.25) is 5.91 Å². The van der Waals surface area contributed by atoms with Crippen molar-refractivity contribution in [2.45, 2.75) is 24.9 Å². The molecule has 3 amide bonds. The van der Waals surface area contributed by atoms with E-state index in [0.29, 0.717) is 30.6 Å². The van der Waals surface area contributed by atoms with Gasteiger partial charge in [0, 0.05) is 12.6 Å². The first-order valence-electron chi connectivity index (χ1n) is 8.19. The zero-order valence-electron chi connectivity index (χ0n) is 13.4. The molecule has 0 aliphatic carbocycles. The Bertz CT molecular complexity index is 831. The second-order valence-corrected chi connectivity index (χ2v) is 6.22. The summed E-state index contributed by atoms with van der Waals surface area (Å²) in [4.78, 5) is 39.1. The van der Waals surface area contributed by atoms with E-state index in [0.717, 1.165) is 0 Å². The molecule has 2 aliphatic heterocycles. The minimum Gasteiger partial charge on any atom is -0.459 e. The molecule has 2 aliphatic rings. The van der Waals surface area contributed by atoms with E-state index in [1.54, 1.807) is 41.3 Å². The summed E-state index contributed by atoms with van der Waals surface area (Å²) in [5.41, 5.74) is 1.03. The van der Waals surface area contributed by atoms with Crippen molar-refractivity contribution in [3.8, 4) is 0 Å². The fourth-order valence-corrected chi connectivity index (χ4v) is 3.40. The number of nitrogens with one attached hydrogen (secondary N) is 2. The van der Waals surface area contributed by atoms with Gasteiger partial charge in [-0.25, -0.2) is 0 Å². The average Bonchev–Trinajstić information content (AvgIpc) is 3.13. The molecule has 1 saturated heterocycles. The summed E-state index contributed by atoms with van der Waals surface area (Å²) in [6.45, 7) is 0.411.